The largest absolute Gasteiger partial charge is 0.286 e. The van der Waals surface area contributed by atoms with Gasteiger partial charge >= 0.3 is 0 Å². The maximum absolute atomic E-state index is 12.1. The van der Waals surface area contributed by atoms with E-state index in [-0.39, 0.29) is 5.78 Å². The Labute approximate surface area is 103 Å². The number of aromatic nitrogens is 1. The predicted octanol–water partition coefficient (Wildman–Crippen LogP) is 3.64. The standard InChI is InChI=1S/C12H10ClNOS/c1-7-5-8(2)10(14-6-7)11(15)12-9(13)3-4-16-12/h3-6H,1-2H3. The van der Waals surface area contributed by atoms with Gasteiger partial charge in [-0.25, -0.2) is 0 Å². The first-order valence-electron chi connectivity index (χ1n) is 4.80. The molecule has 0 saturated heterocycles. The quantitative estimate of drug-likeness (QED) is 0.763. The molecule has 0 aliphatic rings. The van der Waals surface area contributed by atoms with Gasteiger partial charge in [0.25, 0.3) is 0 Å². The van der Waals surface area contributed by atoms with E-state index < -0.39 is 0 Å². The summed E-state index contributed by atoms with van der Waals surface area (Å²) < 4.78 is 0. The first-order valence-corrected chi connectivity index (χ1v) is 6.06. The van der Waals surface area contributed by atoms with Crippen molar-refractivity contribution in [1.82, 2.24) is 4.98 Å². The van der Waals surface area contributed by atoms with Crippen molar-refractivity contribution in [1.29, 1.82) is 0 Å². The molecule has 0 atom stereocenters. The molecule has 2 nitrogen and oxygen atoms in total. The molecular formula is C12H10ClNOS. The van der Waals surface area contributed by atoms with Crippen LogP contribution in [0, 0.1) is 13.8 Å². The van der Waals surface area contributed by atoms with Gasteiger partial charge in [0.05, 0.1) is 9.90 Å². The van der Waals surface area contributed by atoms with Crippen molar-refractivity contribution < 1.29 is 4.79 Å². The highest BCUT2D eigenvalue weighted by atomic mass is 35.5. The zero-order chi connectivity index (χ0) is 11.7. The normalized spacial score (nSPS) is 10.4. The van der Waals surface area contributed by atoms with E-state index in [4.69, 9.17) is 11.6 Å². The monoisotopic (exact) mass is 251 g/mol. The van der Waals surface area contributed by atoms with Gasteiger partial charge in [-0.05, 0) is 36.4 Å². The smallest absolute Gasteiger partial charge is 0.223 e. The minimum absolute atomic E-state index is 0.0995. The van der Waals surface area contributed by atoms with Crippen LogP contribution in [-0.2, 0) is 0 Å². The zero-order valence-corrected chi connectivity index (χ0v) is 10.5. The molecular weight excluding hydrogens is 242 g/mol. The number of nitrogens with zero attached hydrogens (tertiary/aromatic N) is 1. The van der Waals surface area contributed by atoms with Crippen molar-refractivity contribution in [3.05, 3.63) is 50.4 Å². The lowest BCUT2D eigenvalue weighted by molar-refractivity contribution is 0.103. The second kappa shape index (κ2) is 4.36. The van der Waals surface area contributed by atoms with Gasteiger partial charge in [-0.1, -0.05) is 17.7 Å². The lowest BCUT2D eigenvalue weighted by Crippen LogP contribution is -2.05. The van der Waals surface area contributed by atoms with Crippen LogP contribution >= 0.6 is 22.9 Å². The first kappa shape index (κ1) is 11.3. The van der Waals surface area contributed by atoms with Crippen LogP contribution in [0.2, 0.25) is 5.02 Å². The number of aryl methyl sites for hydroxylation is 2. The Morgan fingerprint density at radius 3 is 2.75 bits per heavy atom. The van der Waals surface area contributed by atoms with Crippen LogP contribution < -0.4 is 0 Å². The molecule has 0 aliphatic heterocycles. The summed E-state index contributed by atoms with van der Waals surface area (Å²) >= 11 is 7.27. The number of carbonyl (C=O) groups excluding carboxylic acids is 1. The van der Waals surface area contributed by atoms with Gasteiger partial charge in [-0.3, -0.25) is 9.78 Å². The van der Waals surface area contributed by atoms with Crippen LogP contribution in [0.5, 0.6) is 0 Å². The fourth-order valence-electron chi connectivity index (χ4n) is 1.52. The van der Waals surface area contributed by atoms with Crippen LogP contribution in [0.4, 0.5) is 0 Å². The van der Waals surface area contributed by atoms with Gasteiger partial charge in [0.2, 0.25) is 5.78 Å². The van der Waals surface area contributed by atoms with Crippen LogP contribution in [0.15, 0.2) is 23.7 Å². The fourth-order valence-corrected chi connectivity index (χ4v) is 2.60. The summed E-state index contributed by atoms with van der Waals surface area (Å²) in [5.74, 6) is -0.0995. The summed E-state index contributed by atoms with van der Waals surface area (Å²) in [6, 6.07) is 3.67. The van der Waals surface area contributed by atoms with Crippen LogP contribution in [0.1, 0.15) is 26.5 Å². The van der Waals surface area contributed by atoms with Crippen molar-refractivity contribution in [3.8, 4) is 0 Å². The molecule has 2 rings (SSSR count). The van der Waals surface area contributed by atoms with Crippen molar-refractivity contribution >= 4 is 28.7 Å². The Morgan fingerprint density at radius 1 is 1.44 bits per heavy atom. The molecule has 0 saturated carbocycles. The van der Waals surface area contributed by atoms with Gasteiger partial charge < -0.3 is 0 Å². The van der Waals surface area contributed by atoms with Gasteiger partial charge in [-0.15, -0.1) is 11.3 Å². The van der Waals surface area contributed by atoms with Gasteiger partial charge in [-0.2, -0.15) is 0 Å². The van der Waals surface area contributed by atoms with Gasteiger partial charge in [0.1, 0.15) is 5.69 Å². The molecule has 0 radical (unpaired) electrons. The number of hydrogen-bond donors (Lipinski definition) is 0. The molecule has 0 aliphatic carbocycles. The Hall–Kier alpha value is -1.19. The summed E-state index contributed by atoms with van der Waals surface area (Å²) in [6.07, 6.45) is 1.70. The van der Waals surface area contributed by atoms with E-state index in [0.717, 1.165) is 11.1 Å². The molecule has 0 N–H and O–H groups in total. The lowest BCUT2D eigenvalue weighted by atomic mass is 10.1. The summed E-state index contributed by atoms with van der Waals surface area (Å²) in [4.78, 5) is 16.9. The number of ketones is 1. The molecule has 0 unspecified atom stereocenters. The van der Waals surface area contributed by atoms with Crippen LogP contribution in [0.25, 0.3) is 0 Å². The molecule has 0 amide bonds. The maximum Gasteiger partial charge on any atom is 0.223 e. The SMILES string of the molecule is Cc1cnc(C(=O)c2sccc2Cl)c(C)c1. The van der Waals surface area contributed by atoms with E-state index in [0.29, 0.717) is 15.6 Å². The number of carbonyl (C=O) groups is 1. The Kier molecular flexibility index (Phi) is 3.08. The summed E-state index contributed by atoms with van der Waals surface area (Å²) in [5.41, 5.74) is 2.41. The van der Waals surface area contributed by atoms with Crippen molar-refractivity contribution in [2.24, 2.45) is 0 Å². The molecule has 0 aromatic carbocycles. The van der Waals surface area contributed by atoms with Gasteiger partial charge in [0, 0.05) is 6.20 Å². The molecule has 0 spiro atoms. The van der Waals surface area contributed by atoms with Crippen molar-refractivity contribution in [3.63, 3.8) is 0 Å². The predicted molar refractivity (Wildman–Crippen MR) is 66.5 cm³/mol. The van der Waals surface area contributed by atoms with E-state index >= 15 is 0 Å². The summed E-state index contributed by atoms with van der Waals surface area (Å²) in [5, 5.41) is 2.30. The van der Waals surface area contributed by atoms with Crippen LogP contribution in [-0.4, -0.2) is 10.8 Å². The van der Waals surface area contributed by atoms with E-state index in [2.05, 4.69) is 4.98 Å². The lowest BCUT2D eigenvalue weighted by Gasteiger charge is -2.03. The maximum atomic E-state index is 12.1. The molecule has 82 valence electrons. The number of thiophene rings is 1. The average molecular weight is 252 g/mol. The second-order valence-corrected chi connectivity index (χ2v) is 4.93. The first-order chi connectivity index (χ1) is 7.59. The van der Waals surface area contributed by atoms with E-state index in [9.17, 15) is 4.79 Å². The zero-order valence-electron chi connectivity index (χ0n) is 8.95. The highest BCUT2D eigenvalue weighted by Crippen LogP contribution is 2.25. The molecule has 2 heterocycles. The number of hydrogen-bond acceptors (Lipinski definition) is 3. The molecule has 4 heteroatoms. The minimum atomic E-state index is -0.0995. The van der Waals surface area contributed by atoms with E-state index in [1.54, 1.807) is 17.6 Å². The molecule has 16 heavy (non-hydrogen) atoms. The minimum Gasteiger partial charge on any atom is -0.286 e. The second-order valence-electron chi connectivity index (χ2n) is 3.60. The summed E-state index contributed by atoms with van der Waals surface area (Å²) in [7, 11) is 0. The van der Waals surface area contributed by atoms with Gasteiger partial charge in [0.15, 0.2) is 0 Å². The molecule has 2 aromatic rings. The Morgan fingerprint density at radius 2 is 2.19 bits per heavy atom. The van der Waals surface area contributed by atoms with E-state index in [1.165, 1.54) is 11.3 Å². The van der Waals surface area contributed by atoms with E-state index in [1.807, 2.05) is 19.9 Å². The highest BCUT2D eigenvalue weighted by Gasteiger charge is 2.17. The fraction of sp³-hybridized carbons (Fsp3) is 0.167. The number of halogens is 1. The number of rotatable bonds is 2. The molecule has 0 fully saturated rings. The summed E-state index contributed by atoms with van der Waals surface area (Å²) in [6.45, 7) is 3.83. The van der Waals surface area contributed by atoms with Crippen molar-refractivity contribution in [2.45, 2.75) is 13.8 Å². The average Bonchev–Trinajstić information content (AvgIpc) is 2.63. The third-order valence-electron chi connectivity index (χ3n) is 2.25. The third kappa shape index (κ3) is 2.01. The Balaban J connectivity index is 2.46. The number of pyridine rings is 1. The molecule has 2 aromatic heterocycles. The topological polar surface area (TPSA) is 30.0 Å². The Bertz CT molecular complexity index is 548. The molecule has 0 bridgehead atoms. The van der Waals surface area contributed by atoms with Crippen LogP contribution in [0.3, 0.4) is 0 Å². The third-order valence-corrected chi connectivity index (χ3v) is 3.59. The highest BCUT2D eigenvalue weighted by molar-refractivity contribution is 7.13. The van der Waals surface area contributed by atoms with Crippen molar-refractivity contribution in [2.75, 3.05) is 0 Å².